The Hall–Kier alpha value is -5.25. The number of para-hydroxylation sites is 1. The summed E-state index contributed by atoms with van der Waals surface area (Å²) in [6.07, 6.45) is -5.01. The number of amides is 1. The second kappa shape index (κ2) is 11.5. The van der Waals surface area contributed by atoms with Crippen LogP contribution in [0.25, 0.3) is 11.0 Å². The Labute approximate surface area is 231 Å². The molecule has 10 heteroatoms. The molecule has 4 aromatic carbocycles. The van der Waals surface area contributed by atoms with Gasteiger partial charge in [0.1, 0.15) is 28.6 Å². The van der Waals surface area contributed by atoms with Gasteiger partial charge in [0.15, 0.2) is 6.61 Å². The maximum atomic E-state index is 13.8. The van der Waals surface area contributed by atoms with Crippen LogP contribution < -0.4 is 25.0 Å². The second-order valence-corrected chi connectivity index (χ2v) is 8.94. The number of nitrogens with one attached hydrogen (secondary N) is 1. The third-order valence-electron chi connectivity index (χ3n) is 5.81. The van der Waals surface area contributed by atoms with Gasteiger partial charge in [-0.25, -0.2) is 0 Å². The lowest BCUT2D eigenvalue weighted by Gasteiger charge is -2.14. The van der Waals surface area contributed by atoms with Crippen molar-refractivity contribution >= 4 is 22.6 Å². The van der Waals surface area contributed by atoms with E-state index in [0.29, 0.717) is 17.2 Å². The molecule has 7 nitrogen and oxygen atoms in total. The Bertz CT molecular complexity index is 1730. The molecule has 0 saturated carbocycles. The first-order valence-electron chi connectivity index (χ1n) is 12.3. The van der Waals surface area contributed by atoms with Gasteiger partial charge in [0.05, 0.1) is 5.39 Å². The van der Waals surface area contributed by atoms with Crippen molar-refractivity contribution in [1.82, 2.24) is 0 Å². The molecule has 1 heterocycles. The molecule has 5 rings (SSSR count). The number of fused-ring (bicyclic) bond motifs is 1. The first-order valence-corrected chi connectivity index (χ1v) is 12.3. The average molecular weight is 562 g/mol. The molecule has 0 unspecified atom stereocenters. The second-order valence-electron chi connectivity index (χ2n) is 8.94. The summed E-state index contributed by atoms with van der Waals surface area (Å²) in [4.78, 5) is 25.4. The zero-order chi connectivity index (χ0) is 29.0. The van der Waals surface area contributed by atoms with Crippen molar-refractivity contribution < 1.29 is 36.6 Å². The number of hydrogen-bond acceptors (Lipinski definition) is 6. The molecule has 0 radical (unpaired) electrons. The molecule has 0 atom stereocenters. The molecule has 1 aromatic heterocycles. The summed E-state index contributed by atoms with van der Waals surface area (Å²) in [6.45, 7) is 1.36. The van der Waals surface area contributed by atoms with Gasteiger partial charge >= 0.3 is 6.18 Å². The molecule has 1 N–H and O–H groups in total. The predicted molar refractivity (Wildman–Crippen MR) is 146 cm³/mol. The Balaban J connectivity index is 1.28. The molecular formula is C31H22F3NO6. The third-order valence-corrected chi connectivity index (χ3v) is 5.81. The topological polar surface area (TPSA) is 87.0 Å². The Kier molecular flexibility index (Phi) is 7.64. The van der Waals surface area contributed by atoms with Crippen molar-refractivity contribution in [2.24, 2.45) is 0 Å². The van der Waals surface area contributed by atoms with Crippen LogP contribution in [-0.4, -0.2) is 12.5 Å². The molecule has 0 spiro atoms. The van der Waals surface area contributed by atoms with Gasteiger partial charge in [-0.3, -0.25) is 9.59 Å². The molecule has 0 saturated heterocycles. The van der Waals surface area contributed by atoms with Crippen molar-refractivity contribution in [1.29, 1.82) is 0 Å². The minimum atomic E-state index is -5.01. The first-order chi connectivity index (χ1) is 19.7. The third kappa shape index (κ3) is 6.67. The molecule has 1 amide bonds. The summed E-state index contributed by atoms with van der Waals surface area (Å²) in [6, 6.07) is 25.8. The van der Waals surface area contributed by atoms with Crippen LogP contribution in [0.15, 0.2) is 106 Å². The van der Waals surface area contributed by atoms with Crippen molar-refractivity contribution in [3.63, 3.8) is 0 Å². The van der Waals surface area contributed by atoms with E-state index in [1.807, 2.05) is 30.3 Å². The molecule has 5 aromatic rings. The van der Waals surface area contributed by atoms with E-state index >= 15 is 0 Å². The Morgan fingerprint density at radius 1 is 0.805 bits per heavy atom. The number of halogens is 3. The molecule has 0 aliphatic heterocycles. The molecular weight excluding hydrogens is 539 g/mol. The number of rotatable bonds is 8. The fraction of sp³-hybridized carbons (Fsp3) is 0.0968. The van der Waals surface area contributed by atoms with E-state index in [1.165, 1.54) is 24.3 Å². The van der Waals surface area contributed by atoms with Crippen molar-refractivity contribution in [2.75, 3.05) is 11.9 Å². The van der Waals surface area contributed by atoms with Crippen LogP contribution in [0.2, 0.25) is 0 Å². The molecule has 0 bridgehead atoms. The smallest absolute Gasteiger partial charge is 0.453 e. The van der Waals surface area contributed by atoms with Gasteiger partial charge in [-0.15, -0.1) is 0 Å². The zero-order valence-electron chi connectivity index (χ0n) is 21.5. The zero-order valence-corrected chi connectivity index (χ0v) is 21.5. The highest BCUT2D eigenvalue weighted by atomic mass is 19.4. The van der Waals surface area contributed by atoms with Gasteiger partial charge in [0.25, 0.3) is 11.7 Å². The summed E-state index contributed by atoms with van der Waals surface area (Å²) in [5.74, 6) is -1.73. The van der Waals surface area contributed by atoms with Crippen LogP contribution >= 0.6 is 0 Å². The quantitative estimate of drug-likeness (QED) is 0.209. The lowest BCUT2D eigenvalue weighted by molar-refractivity contribution is -0.154. The fourth-order valence-electron chi connectivity index (χ4n) is 3.83. The van der Waals surface area contributed by atoms with E-state index in [-0.39, 0.29) is 22.5 Å². The highest BCUT2D eigenvalue weighted by molar-refractivity contribution is 5.92. The van der Waals surface area contributed by atoms with Gasteiger partial charge in [0, 0.05) is 11.8 Å². The van der Waals surface area contributed by atoms with Crippen LogP contribution in [0.3, 0.4) is 0 Å². The maximum absolute atomic E-state index is 13.8. The number of hydrogen-bond donors (Lipinski definition) is 1. The van der Waals surface area contributed by atoms with Gasteiger partial charge < -0.3 is 23.9 Å². The minimum absolute atomic E-state index is 0.0303. The standard InChI is InChI=1S/C31H22F3NO6/c1-19-7-11-23(12-8-19)40-29-28(37)25-16-15-24(17-26(25)41-30(29)31(32,33)34)38-18-27(36)35-20-9-13-22(14-10-20)39-21-5-3-2-4-6-21/h2-17H,18H2,1H3,(H,35,36). The lowest BCUT2D eigenvalue weighted by atomic mass is 10.2. The summed E-state index contributed by atoms with van der Waals surface area (Å²) < 4.78 is 63.0. The van der Waals surface area contributed by atoms with Gasteiger partial charge in [0.2, 0.25) is 11.2 Å². The summed E-state index contributed by atoms with van der Waals surface area (Å²) in [5, 5.41) is 2.51. The van der Waals surface area contributed by atoms with Crippen LogP contribution in [0.1, 0.15) is 11.3 Å². The van der Waals surface area contributed by atoms with Crippen molar-refractivity contribution in [3.8, 4) is 28.7 Å². The number of benzene rings is 4. The summed E-state index contributed by atoms with van der Waals surface area (Å²) >= 11 is 0. The number of alkyl halides is 3. The predicted octanol–water partition coefficient (Wildman–Crippen LogP) is 7.72. The van der Waals surface area contributed by atoms with E-state index in [4.69, 9.17) is 18.6 Å². The number of ether oxygens (including phenoxy) is 3. The first kappa shape index (κ1) is 27.3. The van der Waals surface area contributed by atoms with Crippen molar-refractivity contribution in [2.45, 2.75) is 13.1 Å². The summed E-state index contributed by atoms with van der Waals surface area (Å²) in [7, 11) is 0. The summed E-state index contributed by atoms with van der Waals surface area (Å²) in [5.41, 5.74) is -0.0143. The molecule has 208 valence electrons. The SMILES string of the molecule is Cc1ccc(Oc2c(C(F)(F)F)oc3cc(OCC(=O)Nc4ccc(Oc5ccccc5)cc4)ccc3c2=O)cc1. The van der Waals surface area contributed by atoms with Crippen LogP contribution in [0.4, 0.5) is 18.9 Å². The van der Waals surface area contributed by atoms with E-state index in [0.717, 1.165) is 11.6 Å². The highest BCUT2D eigenvalue weighted by Gasteiger charge is 2.40. The molecule has 0 fully saturated rings. The normalized spacial score (nSPS) is 11.2. The monoisotopic (exact) mass is 561 g/mol. The lowest BCUT2D eigenvalue weighted by Crippen LogP contribution is -2.20. The van der Waals surface area contributed by atoms with E-state index < -0.39 is 35.6 Å². The van der Waals surface area contributed by atoms with Crippen molar-refractivity contribution in [3.05, 3.63) is 119 Å². The number of aryl methyl sites for hydroxylation is 1. The molecule has 0 aliphatic rings. The highest BCUT2D eigenvalue weighted by Crippen LogP contribution is 2.38. The van der Waals surface area contributed by atoms with Gasteiger partial charge in [-0.2, -0.15) is 13.2 Å². The maximum Gasteiger partial charge on any atom is 0.453 e. The number of carbonyl (C=O) groups excluding carboxylic acids is 1. The number of carbonyl (C=O) groups is 1. The fourth-order valence-corrected chi connectivity index (χ4v) is 3.83. The van der Waals surface area contributed by atoms with E-state index in [1.54, 1.807) is 43.3 Å². The van der Waals surface area contributed by atoms with E-state index in [9.17, 15) is 22.8 Å². The Morgan fingerprint density at radius 3 is 2.10 bits per heavy atom. The molecule has 41 heavy (non-hydrogen) atoms. The van der Waals surface area contributed by atoms with Gasteiger partial charge in [-0.1, -0.05) is 35.9 Å². The largest absolute Gasteiger partial charge is 0.484 e. The van der Waals surface area contributed by atoms with Crippen LogP contribution in [-0.2, 0) is 11.0 Å². The Morgan fingerprint density at radius 2 is 1.41 bits per heavy atom. The van der Waals surface area contributed by atoms with E-state index in [2.05, 4.69) is 5.32 Å². The van der Waals surface area contributed by atoms with Crippen LogP contribution in [0.5, 0.6) is 28.7 Å². The van der Waals surface area contributed by atoms with Crippen LogP contribution in [0, 0.1) is 6.92 Å². The minimum Gasteiger partial charge on any atom is -0.484 e. The molecule has 0 aliphatic carbocycles. The average Bonchev–Trinajstić information content (AvgIpc) is 2.95. The van der Waals surface area contributed by atoms with Gasteiger partial charge in [-0.05, 0) is 67.6 Å². The number of anilines is 1.